The smallest absolute Gasteiger partial charge is 0.0533 e. The molecule has 1 saturated heterocycles. The Kier molecular flexibility index (Phi) is 5.31. The Morgan fingerprint density at radius 2 is 1.73 bits per heavy atom. The number of benzene rings is 1. The van der Waals surface area contributed by atoms with E-state index in [4.69, 9.17) is 0 Å². The highest BCUT2D eigenvalue weighted by molar-refractivity contribution is 5.38. The van der Waals surface area contributed by atoms with Crippen LogP contribution in [0.4, 0.5) is 0 Å². The monoisotopic (exact) mass is 348 g/mol. The van der Waals surface area contributed by atoms with Gasteiger partial charge in [0.1, 0.15) is 0 Å². The Morgan fingerprint density at radius 1 is 1.00 bits per heavy atom. The van der Waals surface area contributed by atoms with Crippen LogP contribution in [0.5, 0.6) is 0 Å². The fourth-order valence-electron chi connectivity index (χ4n) is 4.90. The van der Waals surface area contributed by atoms with Gasteiger partial charge >= 0.3 is 0 Å². The third kappa shape index (κ3) is 3.66. The molecule has 0 aromatic heterocycles. The fourth-order valence-corrected chi connectivity index (χ4v) is 4.90. The normalized spacial score (nSPS) is 24.5. The van der Waals surface area contributed by atoms with E-state index in [1.165, 1.54) is 48.9 Å². The van der Waals surface area contributed by atoms with Crippen LogP contribution in [0.3, 0.4) is 0 Å². The predicted octanol–water partition coefficient (Wildman–Crippen LogP) is 5.28. The summed E-state index contributed by atoms with van der Waals surface area (Å²) in [5, 5.41) is 0. The van der Waals surface area contributed by atoms with Gasteiger partial charge in [-0.1, -0.05) is 57.0 Å². The van der Waals surface area contributed by atoms with Crippen molar-refractivity contribution >= 4 is 0 Å². The molecule has 0 bridgehead atoms. The SMILES string of the molecule is C=C1C=CN2CCN(Cc3ccc(CC)cc3)C(C3CCCCC3)C2=C1. The molecule has 26 heavy (non-hydrogen) atoms. The second-order valence-electron chi connectivity index (χ2n) is 8.14. The van der Waals surface area contributed by atoms with E-state index in [2.05, 4.69) is 65.9 Å². The van der Waals surface area contributed by atoms with E-state index in [0.29, 0.717) is 6.04 Å². The molecule has 2 fully saturated rings. The van der Waals surface area contributed by atoms with Gasteiger partial charge in [-0.2, -0.15) is 0 Å². The average Bonchev–Trinajstić information content (AvgIpc) is 2.69. The molecule has 1 unspecified atom stereocenters. The van der Waals surface area contributed by atoms with Crippen molar-refractivity contribution in [2.45, 2.75) is 58.0 Å². The first kappa shape index (κ1) is 17.6. The summed E-state index contributed by atoms with van der Waals surface area (Å²) in [6.07, 6.45) is 14.8. The molecule has 2 aliphatic heterocycles. The molecule has 4 rings (SSSR count). The standard InChI is InChI=1S/C24H32N2/c1-3-20-9-11-21(12-10-20)18-26-16-15-25-14-13-19(2)17-23(25)24(26)22-7-5-4-6-8-22/h9-14,17,22,24H,2-8,15-16,18H2,1H3. The van der Waals surface area contributed by atoms with Gasteiger partial charge < -0.3 is 4.90 Å². The zero-order valence-corrected chi connectivity index (χ0v) is 16.2. The first-order valence-corrected chi connectivity index (χ1v) is 10.4. The molecule has 1 saturated carbocycles. The average molecular weight is 349 g/mol. The maximum atomic E-state index is 4.20. The van der Waals surface area contributed by atoms with Gasteiger partial charge in [-0.05, 0) is 54.0 Å². The molecular formula is C24H32N2. The summed E-state index contributed by atoms with van der Waals surface area (Å²) in [5.74, 6) is 0.784. The maximum absolute atomic E-state index is 4.20. The number of aryl methyl sites for hydroxylation is 1. The van der Waals surface area contributed by atoms with Gasteiger partial charge in [-0.25, -0.2) is 0 Å². The van der Waals surface area contributed by atoms with Crippen LogP contribution in [-0.4, -0.2) is 28.9 Å². The van der Waals surface area contributed by atoms with Gasteiger partial charge in [0.15, 0.2) is 0 Å². The van der Waals surface area contributed by atoms with Crippen molar-refractivity contribution < 1.29 is 0 Å². The molecule has 0 spiro atoms. The molecule has 1 atom stereocenters. The molecule has 138 valence electrons. The Morgan fingerprint density at radius 3 is 2.46 bits per heavy atom. The summed E-state index contributed by atoms with van der Waals surface area (Å²) < 4.78 is 0. The highest BCUT2D eigenvalue weighted by Crippen LogP contribution is 2.38. The van der Waals surface area contributed by atoms with Gasteiger partial charge in [0.05, 0.1) is 6.04 Å². The van der Waals surface area contributed by atoms with Crippen molar-refractivity contribution in [3.8, 4) is 0 Å². The van der Waals surface area contributed by atoms with Crippen LogP contribution >= 0.6 is 0 Å². The first-order chi connectivity index (χ1) is 12.7. The quantitative estimate of drug-likeness (QED) is 0.730. The molecule has 1 aromatic rings. The van der Waals surface area contributed by atoms with Crippen LogP contribution in [0.25, 0.3) is 0 Å². The number of rotatable bonds is 4. The Bertz CT molecular complexity index is 691. The van der Waals surface area contributed by atoms with Crippen molar-refractivity contribution in [3.63, 3.8) is 0 Å². The molecule has 1 aliphatic carbocycles. The number of hydrogen-bond donors (Lipinski definition) is 0. The maximum Gasteiger partial charge on any atom is 0.0533 e. The van der Waals surface area contributed by atoms with E-state index in [0.717, 1.165) is 37.5 Å². The lowest BCUT2D eigenvalue weighted by Gasteiger charge is -2.48. The minimum absolute atomic E-state index is 0.539. The molecule has 2 heteroatoms. The van der Waals surface area contributed by atoms with E-state index in [-0.39, 0.29) is 0 Å². The number of allylic oxidation sites excluding steroid dienone is 3. The zero-order chi connectivity index (χ0) is 17.9. The van der Waals surface area contributed by atoms with Gasteiger partial charge in [0.25, 0.3) is 0 Å². The summed E-state index contributed by atoms with van der Waals surface area (Å²) in [6, 6.07) is 9.79. The highest BCUT2D eigenvalue weighted by Gasteiger charge is 2.37. The molecular weight excluding hydrogens is 316 g/mol. The molecule has 2 heterocycles. The molecule has 0 radical (unpaired) electrons. The van der Waals surface area contributed by atoms with E-state index in [1.54, 1.807) is 0 Å². The van der Waals surface area contributed by atoms with E-state index < -0.39 is 0 Å². The van der Waals surface area contributed by atoms with Crippen LogP contribution in [-0.2, 0) is 13.0 Å². The van der Waals surface area contributed by atoms with Crippen molar-refractivity contribution in [2.75, 3.05) is 13.1 Å². The molecule has 3 aliphatic rings. The highest BCUT2D eigenvalue weighted by atomic mass is 15.3. The summed E-state index contributed by atoms with van der Waals surface area (Å²) in [5.41, 5.74) is 5.51. The number of nitrogens with zero attached hydrogens (tertiary/aromatic N) is 2. The van der Waals surface area contributed by atoms with Crippen molar-refractivity contribution in [3.05, 3.63) is 71.6 Å². The zero-order valence-electron chi connectivity index (χ0n) is 16.2. The second-order valence-corrected chi connectivity index (χ2v) is 8.14. The van der Waals surface area contributed by atoms with Crippen LogP contribution in [0.1, 0.15) is 50.2 Å². The van der Waals surface area contributed by atoms with Crippen LogP contribution in [0.15, 0.2) is 60.5 Å². The van der Waals surface area contributed by atoms with Gasteiger partial charge in [-0.15, -0.1) is 0 Å². The lowest BCUT2D eigenvalue weighted by atomic mass is 9.80. The molecule has 0 N–H and O–H groups in total. The second kappa shape index (κ2) is 7.84. The molecule has 0 amide bonds. The third-order valence-corrected chi connectivity index (χ3v) is 6.37. The van der Waals surface area contributed by atoms with Crippen LogP contribution < -0.4 is 0 Å². The predicted molar refractivity (Wildman–Crippen MR) is 110 cm³/mol. The van der Waals surface area contributed by atoms with Crippen LogP contribution in [0, 0.1) is 5.92 Å². The number of hydrogen-bond acceptors (Lipinski definition) is 2. The van der Waals surface area contributed by atoms with Gasteiger partial charge in [0.2, 0.25) is 0 Å². The number of fused-ring (bicyclic) bond motifs is 1. The van der Waals surface area contributed by atoms with E-state index >= 15 is 0 Å². The summed E-state index contributed by atoms with van der Waals surface area (Å²) in [6.45, 7) is 9.72. The van der Waals surface area contributed by atoms with E-state index in [9.17, 15) is 0 Å². The Hall–Kier alpha value is -1.80. The lowest BCUT2D eigenvalue weighted by Crippen LogP contribution is -2.53. The van der Waals surface area contributed by atoms with Crippen molar-refractivity contribution in [1.82, 2.24) is 9.80 Å². The first-order valence-electron chi connectivity index (χ1n) is 10.4. The minimum Gasteiger partial charge on any atom is -0.349 e. The van der Waals surface area contributed by atoms with E-state index in [1.807, 2.05) is 0 Å². The fraction of sp³-hybridized carbons (Fsp3) is 0.500. The summed E-state index contributed by atoms with van der Waals surface area (Å²) in [4.78, 5) is 5.22. The summed E-state index contributed by atoms with van der Waals surface area (Å²) in [7, 11) is 0. The largest absolute Gasteiger partial charge is 0.349 e. The Labute approximate surface area is 158 Å². The molecule has 2 nitrogen and oxygen atoms in total. The Balaban J connectivity index is 1.59. The topological polar surface area (TPSA) is 6.48 Å². The number of piperazine rings is 1. The van der Waals surface area contributed by atoms with Gasteiger partial charge in [-0.3, -0.25) is 4.90 Å². The van der Waals surface area contributed by atoms with Gasteiger partial charge in [0, 0.05) is 31.5 Å². The van der Waals surface area contributed by atoms with Crippen LogP contribution in [0.2, 0.25) is 0 Å². The van der Waals surface area contributed by atoms with Crippen molar-refractivity contribution in [2.24, 2.45) is 5.92 Å². The lowest BCUT2D eigenvalue weighted by molar-refractivity contribution is 0.0783. The summed E-state index contributed by atoms with van der Waals surface area (Å²) >= 11 is 0. The minimum atomic E-state index is 0.539. The third-order valence-electron chi connectivity index (χ3n) is 6.37. The molecule has 1 aromatic carbocycles. The van der Waals surface area contributed by atoms with Crippen molar-refractivity contribution in [1.29, 1.82) is 0 Å².